The predicted octanol–water partition coefficient (Wildman–Crippen LogP) is 1.48. The fourth-order valence-corrected chi connectivity index (χ4v) is 2.38. The Bertz CT molecular complexity index is 221. The molecule has 1 rings (SSSR count). The first-order valence-electron chi connectivity index (χ1n) is 5.33. The molecule has 0 aromatic carbocycles. The largest absolute Gasteiger partial charge is 0.379 e. The molecule has 5 heteroatoms. The third kappa shape index (κ3) is 2.66. The third-order valence-electron chi connectivity index (χ3n) is 3.37. The monoisotopic (exact) mass is 217 g/mol. The van der Waals surface area contributed by atoms with E-state index in [-0.39, 0.29) is 23.0 Å². The van der Waals surface area contributed by atoms with Crippen molar-refractivity contribution in [3.05, 3.63) is 10.1 Å². The number of nitrogens with zero attached hydrogens (tertiary/aromatic N) is 1. The van der Waals surface area contributed by atoms with Crippen LogP contribution in [0.4, 0.5) is 0 Å². The number of methoxy groups -OCH3 is 2. The van der Waals surface area contributed by atoms with E-state index in [1.54, 1.807) is 14.2 Å². The van der Waals surface area contributed by atoms with Crippen molar-refractivity contribution in [2.45, 2.75) is 44.4 Å². The second kappa shape index (κ2) is 5.42. The number of rotatable bonds is 4. The van der Waals surface area contributed by atoms with Gasteiger partial charge >= 0.3 is 0 Å². The summed E-state index contributed by atoms with van der Waals surface area (Å²) in [7, 11) is 3.22. The van der Waals surface area contributed by atoms with Crippen LogP contribution < -0.4 is 0 Å². The lowest BCUT2D eigenvalue weighted by molar-refractivity contribution is -0.539. The molecule has 88 valence electrons. The summed E-state index contributed by atoms with van der Waals surface area (Å²) in [5.41, 5.74) is 0. The molecule has 0 N–H and O–H groups in total. The van der Waals surface area contributed by atoms with Crippen molar-refractivity contribution < 1.29 is 14.4 Å². The van der Waals surface area contributed by atoms with Crippen molar-refractivity contribution in [2.75, 3.05) is 14.2 Å². The molecule has 4 atom stereocenters. The van der Waals surface area contributed by atoms with Crippen LogP contribution in [0.5, 0.6) is 0 Å². The number of hydrogen-bond donors (Lipinski definition) is 0. The van der Waals surface area contributed by atoms with Crippen LogP contribution in [-0.4, -0.2) is 37.4 Å². The third-order valence-corrected chi connectivity index (χ3v) is 3.37. The molecule has 0 bridgehead atoms. The molecule has 1 fully saturated rings. The normalized spacial score (nSPS) is 36.5. The first-order chi connectivity index (χ1) is 7.13. The van der Waals surface area contributed by atoms with Crippen LogP contribution in [0.1, 0.15) is 26.2 Å². The predicted molar refractivity (Wildman–Crippen MR) is 55.4 cm³/mol. The summed E-state index contributed by atoms with van der Waals surface area (Å²) >= 11 is 0. The molecule has 4 unspecified atom stereocenters. The van der Waals surface area contributed by atoms with E-state index in [2.05, 4.69) is 0 Å². The maximum absolute atomic E-state index is 10.9. The topological polar surface area (TPSA) is 61.6 Å². The van der Waals surface area contributed by atoms with Gasteiger partial charge < -0.3 is 9.47 Å². The summed E-state index contributed by atoms with van der Waals surface area (Å²) in [5.74, 6) is 0.108. The van der Waals surface area contributed by atoms with Crippen molar-refractivity contribution >= 4 is 0 Å². The lowest BCUT2D eigenvalue weighted by atomic mass is 9.80. The zero-order valence-corrected chi connectivity index (χ0v) is 9.51. The van der Waals surface area contributed by atoms with Crippen LogP contribution in [0, 0.1) is 16.0 Å². The quantitative estimate of drug-likeness (QED) is 0.528. The van der Waals surface area contributed by atoms with Crippen molar-refractivity contribution in [1.82, 2.24) is 0 Å². The van der Waals surface area contributed by atoms with E-state index in [4.69, 9.17) is 9.47 Å². The molecule has 0 radical (unpaired) electrons. The Morgan fingerprint density at radius 1 is 1.27 bits per heavy atom. The van der Waals surface area contributed by atoms with Gasteiger partial charge in [0.1, 0.15) is 0 Å². The lowest BCUT2D eigenvalue weighted by Gasteiger charge is -2.35. The Hall–Kier alpha value is -0.680. The highest BCUT2D eigenvalue weighted by Gasteiger charge is 2.42. The van der Waals surface area contributed by atoms with Crippen LogP contribution in [0.2, 0.25) is 0 Å². The maximum Gasteiger partial charge on any atom is 0.218 e. The standard InChI is InChI=1S/C10H19NO4/c1-4-7-5-9(14-2)10(15-3)6-8(7)11(12)13/h7-10H,4-6H2,1-3H3. The van der Waals surface area contributed by atoms with Crippen molar-refractivity contribution in [3.8, 4) is 0 Å². The van der Waals surface area contributed by atoms with Crippen molar-refractivity contribution in [1.29, 1.82) is 0 Å². The molecule has 1 aliphatic rings. The van der Waals surface area contributed by atoms with Gasteiger partial charge in [-0.25, -0.2) is 0 Å². The highest BCUT2D eigenvalue weighted by molar-refractivity contribution is 4.86. The van der Waals surface area contributed by atoms with Crippen LogP contribution in [0.15, 0.2) is 0 Å². The van der Waals surface area contributed by atoms with Gasteiger partial charge in [0.25, 0.3) is 0 Å². The Labute approximate surface area is 89.9 Å². The summed E-state index contributed by atoms with van der Waals surface area (Å²) in [6.07, 6.45) is 1.85. The van der Waals surface area contributed by atoms with Gasteiger partial charge in [0.2, 0.25) is 6.04 Å². The highest BCUT2D eigenvalue weighted by atomic mass is 16.6. The second-order valence-corrected chi connectivity index (χ2v) is 4.04. The molecule has 0 saturated heterocycles. The number of nitro groups is 1. The van der Waals surface area contributed by atoms with E-state index in [1.807, 2.05) is 6.92 Å². The van der Waals surface area contributed by atoms with Gasteiger partial charge in [0.05, 0.1) is 12.2 Å². The molecular weight excluding hydrogens is 198 g/mol. The fourth-order valence-electron chi connectivity index (χ4n) is 2.38. The first kappa shape index (κ1) is 12.4. The Kier molecular flexibility index (Phi) is 4.47. The molecule has 0 aliphatic heterocycles. The van der Waals surface area contributed by atoms with Gasteiger partial charge in [-0.3, -0.25) is 10.1 Å². The van der Waals surface area contributed by atoms with E-state index in [0.717, 1.165) is 12.8 Å². The van der Waals surface area contributed by atoms with Gasteiger partial charge in [-0.2, -0.15) is 0 Å². The summed E-state index contributed by atoms with van der Waals surface area (Å²) in [6, 6.07) is -0.480. The molecule has 1 aliphatic carbocycles. The van der Waals surface area contributed by atoms with Gasteiger partial charge in [-0.1, -0.05) is 6.92 Å². The fraction of sp³-hybridized carbons (Fsp3) is 1.00. The van der Waals surface area contributed by atoms with E-state index < -0.39 is 6.04 Å². The summed E-state index contributed by atoms with van der Waals surface area (Å²) in [5, 5.41) is 10.9. The van der Waals surface area contributed by atoms with Crippen LogP contribution in [-0.2, 0) is 9.47 Å². The minimum atomic E-state index is -0.480. The number of ether oxygens (including phenoxy) is 2. The highest BCUT2D eigenvalue weighted by Crippen LogP contribution is 2.32. The van der Waals surface area contributed by atoms with Gasteiger partial charge in [-0.15, -0.1) is 0 Å². The summed E-state index contributed by atoms with van der Waals surface area (Å²) in [6.45, 7) is 1.99. The zero-order chi connectivity index (χ0) is 11.4. The average molecular weight is 217 g/mol. The molecular formula is C10H19NO4. The summed E-state index contributed by atoms with van der Waals surface area (Å²) in [4.78, 5) is 10.7. The average Bonchev–Trinajstić information content (AvgIpc) is 2.26. The van der Waals surface area contributed by atoms with Crippen LogP contribution in [0.25, 0.3) is 0 Å². The Morgan fingerprint density at radius 3 is 2.20 bits per heavy atom. The van der Waals surface area contributed by atoms with Gasteiger partial charge in [-0.05, 0) is 12.8 Å². The molecule has 15 heavy (non-hydrogen) atoms. The van der Waals surface area contributed by atoms with Crippen LogP contribution >= 0.6 is 0 Å². The minimum Gasteiger partial charge on any atom is -0.379 e. The Morgan fingerprint density at radius 2 is 1.80 bits per heavy atom. The van der Waals surface area contributed by atoms with Gasteiger partial charge in [0.15, 0.2) is 0 Å². The van der Waals surface area contributed by atoms with E-state index in [9.17, 15) is 10.1 Å². The van der Waals surface area contributed by atoms with Crippen molar-refractivity contribution in [2.24, 2.45) is 5.92 Å². The molecule has 1 saturated carbocycles. The van der Waals surface area contributed by atoms with E-state index in [1.165, 1.54) is 0 Å². The SMILES string of the molecule is CCC1CC(OC)C(OC)CC1[N+](=O)[O-]. The van der Waals surface area contributed by atoms with Crippen molar-refractivity contribution in [3.63, 3.8) is 0 Å². The van der Waals surface area contributed by atoms with E-state index >= 15 is 0 Å². The maximum atomic E-state index is 10.9. The molecule has 5 nitrogen and oxygen atoms in total. The number of hydrogen-bond acceptors (Lipinski definition) is 4. The van der Waals surface area contributed by atoms with Gasteiger partial charge in [0, 0.05) is 31.5 Å². The minimum absolute atomic E-state index is 0.00356. The smallest absolute Gasteiger partial charge is 0.218 e. The molecule has 0 aromatic heterocycles. The molecule has 0 amide bonds. The lowest BCUT2D eigenvalue weighted by Crippen LogP contribution is -2.46. The second-order valence-electron chi connectivity index (χ2n) is 4.04. The van der Waals surface area contributed by atoms with Crippen LogP contribution in [0.3, 0.4) is 0 Å². The first-order valence-corrected chi connectivity index (χ1v) is 5.33. The molecule has 0 aromatic rings. The zero-order valence-electron chi connectivity index (χ0n) is 9.51. The van der Waals surface area contributed by atoms with E-state index in [0.29, 0.717) is 6.42 Å². The summed E-state index contributed by atoms with van der Waals surface area (Å²) < 4.78 is 10.5. The molecule has 0 heterocycles. The Balaban J connectivity index is 2.72. The molecule has 0 spiro atoms.